The molecule has 1 amide bonds. The summed E-state index contributed by atoms with van der Waals surface area (Å²) in [6, 6.07) is 19.9. The number of rotatable bonds is 6. The van der Waals surface area contributed by atoms with Crippen LogP contribution in [-0.2, 0) is 0 Å². The lowest BCUT2D eigenvalue weighted by molar-refractivity contribution is 0.0931. The molecule has 1 unspecified atom stereocenters. The van der Waals surface area contributed by atoms with Crippen LogP contribution >= 0.6 is 0 Å². The number of nitrogens with zero attached hydrogens (tertiary/aromatic N) is 1. The Bertz CT molecular complexity index is 634. The Morgan fingerprint density at radius 1 is 0.880 bits per heavy atom. The van der Waals surface area contributed by atoms with Crippen LogP contribution in [0, 0.1) is 0 Å². The van der Waals surface area contributed by atoms with Crippen LogP contribution in [0.5, 0.6) is 0 Å². The molecule has 0 bridgehead atoms. The molecular formula is C22H28N2O. The summed E-state index contributed by atoms with van der Waals surface area (Å²) in [4.78, 5) is 15.2. The van der Waals surface area contributed by atoms with E-state index >= 15 is 0 Å². The van der Waals surface area contributed by atoms with Gasteiger partial charge in [-0.1, -0.05) is 61.4 Å². The maximum Gasteiger partial charge on any atom is 0.251 e. The van der Waals surface area contributed by atoms with Gasteiger partial charge in [0, 0.05) is 12.1 Å². The van der Waals surface area contributed by atoms with E-state index in [2.05, 4.69) is 22.3 Å². The van der Waals surface area contributed by atoms with Gasteiger partial charge in [-0.15, -0.1) is 0 Å². The number of likely N-dealkylation sites (tertiary alicyclic amines) is 1. The van der Waals surface area contributed by atoms with E-state index in [4.69, 9.17) is 0 Å². The molecule has 25 heavy (non-hydrogen) atoms. The second kappa shape index (κ2) is 9.38. The van der Waals surface area contributed by atoms with E-state index in [1.54, 1.807) is 0 Å². The summed E-state index contributed by atoms with van der Waals surface area (Å²) in [5.74, 6) is 0.00493. The van der Waals surface area contributed by atoms with Crippen molar-refractivity contribution in [1.29, 1.82) is 0 Å². The molecule has 1 fully saturated rings. The van der Waals surface area contributed by atoms with Gasteiger partial charge in [0.25, 0.3) is 5.91 Å². The van der Waals surface area contributed by atoms with Crippen molar-refractivity contribution in [1.82, 2.24) is 10.2 Å². The Kier molecular flexibility index (Phi) is 6.63. The number of carbonyl (C=O) groups is 1. The van der Waals surface area contributed by atoms with Gasteiger partial charge in [-0.05, 0) is 50.0 Å². The predicted octanol–water partition coefficient (Wildman–Crippen LogP) is 4.42. The maximum absolute atomic E-state index is 12.6. The van der Waals surface area contributed by atoms with Crippen LogP contribution in [-0.4, -0.2) is 30.4 Å². The largest absolute Gasteiger partial charge is 0.345 e. The van der Waals surface area contributed by atoms with Crippen LogP contribution < -0.4 is 5.32 Å². The monoisotopic (exact) mass is 336 g/mol. The number of amides is 1. The van der Waals surface area contributed by atoms with Crippen LogP contribution in [0.1, 0.15) is 54.1 Å². The minimum atomic E-state index is 0.00493. The molecule has 3 nitrogen and oxygen atoms in total. The van der Waals surface area contributed by atoms with Gasteiger partial charge in [0.15, 0.2) is 0 Å². The van der Waals surface area contributed by atoms with Gasteiger partial charge in [-0.2, -0.15) is 0 Å². The maximum atomic E-state index is 12.6. The third-order valence-corrected chi connectivity index (χ3v) is 4.98. The third-order valence-electron chi connectivity index (χ3n) is 4.98. The molecule has 1 atom stereocenters. The predicted molar refractivity (Wildman–Crippen MR) is 103 cm³/mol. The number of hydrogen-bond donors (Lipinski definition) is 1. The van der Waals surface area contributed by atoms with Gasteiger partial charge in [0.2, 0.25) is 0 Å². The Labute approximate surface area is 151 Å². The highest BCUT2D eigenvalue weighted by molar-refractivity contribution is 5.94. The lowest BCUT2D eigenvalue weighted by Crippen LogP contribution is -2.33. The highest BCUT2D eigenvalue weighted by atomic mass is 16.1. The average molecular weight is 336 g/mol. The zero-order valence-corrected chi connectivity index (χ0v) is 14.9. The van der Waals surface area contributed by atoms with Gasteiger partial charge in [-0.25, -0.2) is 0 Å². The molecule has 1 aliphatic heterocycles. The van der Waals surface area contributed by atoms with E-state index in [0.717, 1.165) is 18.5 Å². The molecule has 132 valence electrons. The first-order valence-corrected chi connectivity index (χ1v) is 9.46. The standard InChI is InChI=1S/C22H28N2O/c25-22(20-13-7-4-8-14-20)23-21(19-11-5-3-6-12-19)15-18-24-16-9-1-2-10-17-24/h3-8,11-14,21H,1-2,9-10,15-18H2,(H,23,25). The lowest BCUT2D eigenvalue weighted by Gasteiger charge is -2.25. The summed E-state index contributed by atoms with van der Waals surface area (Å²) in [5.41, 5.74) is 1.90. The Hall–Kier alpha value is -2.13. The van der Waals surface area contributed by atoms with E-state index in [-0.39, 0.29) is 11.9 Å². The van der Waals surface area contributed by atoms with Gasteiger partial charge in [0.05, 0.1) is 6.04 Å². The quantitative estimate of drug-likeness (QED) is 0.847. The normalized spacial score (nSPS) is 16.8. The van der Waals surface area contributed by atoms with Crippen molar-refractivity contribution < 1.29 is 4.79 Å². The summed E-state index contributed by atoms with van der Waals surface area (Å²) in [7, 11) is 0. The summed E-state index contributed by atoms with van der Waals surface area (Å²) in [6.45, 7) is 3.41. The van der Waals surface area contributed by atoms with E-state index in [1.165, 1.54) is 44.3 Å². The molecule has 0 saturated carbocycles. The van der Waals surface area contributed by atoms with Crippen molar-refractivity contribution in [2.75, 3.05) is 19.6 Å². The summed E-state index contributed by atoms with van der Waals surface area (Å²) >= 11 is 0. The molecule has 0 aromatic heterocycles. The summed E-state index contributed by atoms with van der Waals surface area (Å²) < 4.78 is 0. The summed E-state index contributed by atoms with van der Waals surface area (Å²) in [5, 5.41) is 3.24. The molecule has 2 aromatic rings. The zero-order chi connectivity index (χ0) is 17.3. The van der Waals surface area contributed by atoms with Gasteiger partial charge < -0.3 is 10.2 Å². The third kappa shape index (κ3) is 5.43. The highest BCUT2D eigenvalue weighted by Crippen LogP contribution is 2.19. The molecule has 0 aliphatic carbocycles. The van der Waals surface area contributed by atoms with E-state index in [1.807, 2.05) is 48.5 Å². The van der Waals surface area contributed by atoms with Crippen molar-refractivity contribution in [2.45, 2.75) is 38.1 Å². The summed E-state index contributed by atoms with van der Waals surface area (Å²) in [6.07, 6.45) is 6.24. The SMILES string of the molecule is O=C(NC(CCN1CCCCCC1)c1ccccc1)c1ccccc1. The minimum Gasteiger partial charge on any atom is -0.345 e. The van der Waals surface area contributed by atoms with Gasteiger partial charge in [0.1, 0.15) is 0 Å². The molecule has 0 spiro atoms. The van der Waals surface area contributed by atoms with Gasteiger partial charge >= 0.3 is 0 Å². The average Bonchev–Trinajstić information content (AvgIpc) is 2.95. The van der Waals surface area contributed by atoms with Crippen molar-refractivity contribution in [3.63, 3.8) is 0 Å². The molecule has 2 aromatic carbocycles. The second-order valence-corrected chi connectivity index (χ2v) is 6.85. The smallest absolute Gasteiger partial charge is 0.251 e. The first-order valence-electron chi connectivity index (χ1n) is 9.46. The van der Waals surface area contributed by atoms with E-state index in [0.29, 0.717) is 0 Å². The lowest BCUT2D eigenvalue weighted by atomic mass is 10.0. The molecule has 1 N–H and O–H groups in total. The van der Waals surface area contributed by atoms with E-state index < -0.39 is 0 Å². The minimum absolute atomic E-state index is 0.00493. The van der Waals surface area contributed by atoms with Gasteiger partial charge in [-0.3, -0.25) is 4.79 Å². The Balaban J connectivity index is 1.66. The van der Waals surface area contributed by atoms with Crippen LogP contribution in [0.4, 0.5) is 0 Å². The van der Waals surface area contributed by atoms with Crippen molar-refractivity contribution in [2.24, 2.45) is 0 Å². The van der Waals surface area contributed by atoms with Crippen LogP contribution in [0.15, 0.2) is 60.7 Å². The number of benzene rings is 2. The molecule has 1 aliphatic rings. The molecule has 3 heteroatoms. The Morgan fingerprint density at radius 3 is 2.12 bits per heavy atom. The second-order valence-electron chi connectivity index (χ2n) is 6.85. The molecular weight excluding hydrogens is 308 g/mol. The number of hydrogen-bond acceptors (Lipinski definition) is 2. The molecule has 1 saturated heterocycles. The van der Waals surface area contributed by atoms with Crippen LogP contribution in [0.25, 0.3) is 0 Å². The first-order chi connectivity index (χ1) is 12.3. The Morgan fingerprint density at radius 2 is 1.48 bits per heavy atom. The van der Waals surface area contributed by atoms with Crippen molar-refractivity contribution in [3.8, 4) is 0 Å². The first kappa shape index (κ1) is 17.7. The number of nitrogens with one attached hydrogen (secondary N) is 1. The fraction of sp³-hybridized carbons (Fsp3) is 0.409. The number of carbonyl (C=O) groups excluding carboxylic acids is 1. The fourth-order valence-electron chi connectivity index (χ4n) is 3.51. The molecule has 3 rings (SSSR count). The molecule has 1 heterocycles. The topological polar surface area (TPSA) is 32.3 Å². The van der Waals surface area contributed by atoms with Crippen molar-refractivity contribution in [3.05, 3.63) is 71.8 Å². The fourth-order valence-corrected chi connectivity index (χ4v) is 3.51. The molecule has 0 radical (unpaired) electrons. The zero-order valence-electron chi connectivity index (χ0n) is 14.9. The van der Waals surface area contributed by atoms with E-state index in [9.17, 15) is 4.79 Å². The highest BCUT2D eigenvalue weighted by Gasteiger charge is 2.17. The van der Waals surface area contributed by atoms with Crippen LogP contribution in [0.2, 0.25) is 0 Å². The van der Waals surface area contributed by atoms with Crippen LogP contribution in [0.3, 0.4) is 0 Å². The van der Waals surface area contributed by atoms with Crippen molar-refractivity contribution >= 4 is 5.91 Å².